The minimum atomic E-state index is -0.686. The summed E-state index contributed by atoms with van der Waals surface area (Å²) >= 11 is 0. The van der Waals surface area contributed by atoms with Crippen LogP contribution in [0.25, 0.3) is 4.85 Å². The molecule has 0 aliphatic heterocycles. The molecule has 0 spiro atoms. The maximum Gasteiger partial charge on any atom is 0.390 e. The first-order chi connectivity index (χ1) is 4.87. The van der Waals surface area contributed by atoms with Gasteiger partial charge in [0.25, 0.3) is 0 Å². The molecule has 0 unspecified atom stereocenters. The number of carbonyl (C=O) groups excluding carboxylic acids is 1. The van der Waals surface area contributed by atoms with Crippen LogP contribution < -0.4 is 0 Å². The molecular formula is C8H13NO2. The molecule has 0 saturated carbocycles. The molecule has 0 radical (unpaired) electrons. The molecule has 0 heterocycles. The lowest BCUT2D eigenvalue weighted by atomic mass is 10.2. The van der Waals surface area contributed by atoms with Crippen molar-refractivity contribution in [1.29, 1.82) is 0 Å². The molecule has 0 aromatic heterocycles. The van der Waals surface area contributed by atoms with Crippen molar-refractivity contribution in [3.63, 3.8) is 0 Å². The maximum atomic E-state index is 11.0. The van der Waals surface area contributed by atoms with Gasteiger partial charge in [0.15, 0.2) is 0 Å². The van der Waals surface area contributed by atoms with Crippen LogP contribution in [-0.4, -0.2) is 17.6 Å². The van der Waals surface area contributed by atoms with E-state index in [1.54, 1.807) is 20.8 Å². The normalized spacial score (nSPS) is 13.4. The summed E-state index contributed by atoms with van der Waals surface area (Å²) in [5.74, 6) is -0.451. The Labute approximate surface area is 67.2 Å². The molecule has 0 rings (SSSR count). The van der Waals surface area contributed by atoms with E-state index in [4.69, 9.17) is 11.3 Å². The average molecular weight is 155 g/mol. The van der Waals surface area contributed by atoms with Crippen molar-refractivity contribution in [3.8, 4) is 0 Å². The number of ether oxygens (including phenoxy) is 1. The molecule has 0 aromatic carbocycles. The zero-order valence-corrected chi connectivity index (χ0v) is 7.34. The second-order valence-electron chi connectivity index (χ2n) is 3.34. The van der Waals surface area contributed by atoms with Crippen molar-refractivity contribution in [2.24, 2.45) is 0 Å². The van der Waals surface area contributed by atoms with Gasteiger partial charge in [-0.1, -0.05) is 0 Å². The third-order valence-electron chi connectivity index (χ3n) is 0.942. The van der Waals surface area contributed by atoms with Gasteiger partial charge >= 0.3 is 12.0 Å². The van der Waals surface area contributed by atoms with E-state index in [0.29, 0.717) is 0 Å². The van der Waals surface area contributed by atoms with E-state index in [-0.39, 0.29) is 0 Å². The van der Waals surface area contributed by atoms with E-state index >= 15 is 0 Å². The monoisotopic (exact) mass is 155 g/mol. The second kappa shape index (κ2) is 3.38. The zero-order valence-electron chi connectivity index (χ0n) is 7.34. The summed E-state index contributed by atoms with van der Waals surface area (Å²) in [5.41, 5.74) is -0.490. The zero-order chi connectivity index (χ0) is 9.07. The highest BCUT2D eigenvalue weighted by atomic mass is 16.6. The first kappa shape index (κ1) is 9.96. The minimum absolute atomic E-state index is 0.451. The van der Waals surface area contributed by atoms with Crippen molar-refractivity contribution in [3.05, 3.63) is 11.4 Å². The molecular weight excluding hydrogens is 142 g/mol. The molecule has 1 atom stereocenters. The number of nitrogens with zero attached hydrogens (tertiary/aromatic N) is 1. The van der Waals surface area contributed by atoms with Crippen molar-refractivity contribution >= 4 is 5.97 Å². The molecule has 3 nitrogen and oxygen atoms in total. The van der Waals surface area contributed by atoms with Crippen molar-refractivity contribution < 1.29 is 9.53 Å². The van der Waals surface area contributed by atoms with Gasteiger partial charge in [-0.05, 0) is 20.8 Å². The number of carbonyl (C=O) groups is 1. The van der Waals surface area contributed by atoms with Crippen LogP contribution in [0.5, 0.6) is 0 Å². The molecule has 0 aromatic rings. The highest BCUT2D eigenvalue weighted by Gasteiger charge is 2.24. The molecule has 0 aliphatic rings. The van der Waals surface area contributed by atoms with Crippen LogP contribution in [0.15, 0.2) is 0 Å². The molecule has 0 saturated heterocycles. The Morgan fingerprint density at radius 1 is 1.55 bits per heavy atom. The van der Waals surface area contributed by atoms with E-state index in [9.17, 15) is 4.79 Å². The highest BCUT2D eigenvalue weighted by molar-refractivity contribution is 5.77. The SMILES string of the molecule is [C-]#[N+][C@H](C)C(=O)OC(C)(C)C. The Balaban J connectivity index is 4.01. The van der Waals surface area contributed by atoms with Crippen LogP contribution in [0, 0.1) is 6.57 Å². The molecule has 0 fully saturated rings. The molecule has 3 heteroatoms. The van der Waals surface area contributed by atoms with Crippen LogP contribution in [0.4, 0.5) is 0 Å². The molecule has 62 valence electrons. The van der Waals surface area contributed by atoms with Gasteiger partial charge in [-0.15, -0.1) is 0 Å². The van der Waals surface area contributed by atoms with Gasteiger partial charge < -0.3 is 9.58 Å². The first-order valence-electron chi connectivity index (χ1n) is 3.46. The third kappa shape index (κ3) is 4.38. The molecule has 0 aliphatic carbocycles. The van der Waals surface area contributed by atoms with Crippen molar-refractivity contribution in [2.45, 2.75) is 39.3 Å². The van der Waals surface area contributed by atoms with Crippen LogP contribution in [0.2, 0.25) is 0 Å². The lowest BCUT2D eigenvalue weighted by Crippen LogP contribution is -2.28. The Kier molecular flexibility index (Phi) is 3.06. The number of hydrogen-bond acceptors (Lipinski definition) is 2. The quantitative estimate of drug-likeness (QED) is 0.425. The number of rotatable bonds is 1. The predicted octanol–water partition coefficient (Wildman–Crippen LogP) is 1.64. The summed E-state index contributed by atoms with van der Waals surface area (Å²) < 4.78 is 4.94. The van der Waals surface area contributed by atoms with Crippen molar-refractivity contribution in [2.75, 3.05) is 0 Å². The van der Waals surface area contributed by atoms with Crippen LogP contribution in [0.3, 0.4) is 0 Å². The lowest BCUT2D eigenvalue weighted by molar-refractivity contribution is -0.154. The Bertz CT molecular complexity index is 185. The Morgan fingerprint density at radius 3 is 2.27 bits per heavy atom. The first-order valence-corrected chi connectivity index (χ1v) is 3.46. The van der Waals surface area contributed by atoms with Gasteiger partial charge in [0.1, 0.15) is 5.60 Å². The second-order valence-corrected chi connectivity index (χ2v) is 3.34. The average Bonchev–Trinajstić information content (AvgIpc) is 1.82. The third-order valence-corrected chi connectivity index (χ3v) is 0.942. The van der Waals surface area contributed by atoms with Crippen LogP contribution in [0.1, 0.15) is 27.7 Å². The molecule has 0 amide bonds. The summed E-state index contributed by atoms with van der Waals surface area (Å²) in [7, 11) is 0. The molecule has 0 bridgehead atoms. The lowest BCUT2D eigenvalue weighted by Gasteiger charge is -2.18. The standard InChI is InChI=1S/C8H13NO2/c1-6(9-5)7(10)11-8(2,3)4/h6H,1-4H3/t6-/m1/s1. The summed E-state index contributed by atoms with van der Waals surface area (Å²) in [6.07, 6.45) is 0. The van der Waals surface area contributed by atoms with E-state index in [1.807, 2.05) is 0 Å². The molecule has 11 heavy (non-hydrogen) atoms. The fourth-order valence-electron chi connectivity index (χ4n) is 0.440. The van der Waals surface area contributed by atoms with Gasteiger partial charge in [-0.2, -0.15) is 0 Å². The predicted molar refractivity (Wildman–Crippen MR) is 41.9 cm³/mol. The van der Waals surface area contributed by atoms with E-state index in [2.05, 4.69) is 4.85 Å². The van der Waals surface area contributed by atoms with Gasteiger partial charge in [0, 0.05) is 6.92 Å². The smallest absolute Gasteiger partial charge is 0.390 e. The van der Waals surface area contributed by atoms with E-state index < -0.39 is 17.6 Å². The van der Waals surface area contributed by atoms with Crippen molar-refractivity contribution in [1.82, 2.24) is 0 Å². The maximum absolute atomic E-state index is 11.0. The van der Waals surface area contributed by atoms with E-state index in [1.165, 1.54) is 6.92 Å². The highest BCUT2D eigenvalue weighted by Crippen LogP contribution is 2.09. The minimum Gasteiger partial charge on any atom is -0.454 e. The van der Waals surface area contributed by atoms with Gasteiger partial charge in [-0.3, -0.25) is 0 Å². The Morgan fingerprint density at radius 2 is 2.00 bits per heavy atom. The summed E-state index contributed by atoms with van der Waals surface area (Å²) in [5, 5.41) is 0. The summed E-state index contributed by atoms with van der Waals surface area (Å²) in [4.78, 5) is 14.0. The fraction of sp³-hybridized carbons (Fsp3) is 0.750. The van der Waals surface area contributed by atoms with Gasteiger partial charge in [-0.25, -0.2) is 11.4 Å². The van der Waals surface area contributed by atoms with Gasteiger partial charge in [0.05, 0.1) is 0 Å². The summed E-state index contributed by atoms with van der Waals surface area (Å²) in [6.45, 7) is 13.4. The fourth-order valence-corrected chi connectivity index (χ4v) is 0.440. The largest absolute Gasteiger partial charge is 0.454 e. The van der Waals surface area contributed by atoms with Crippen LogP contribution >= 0.6 is 0 Å². The van der Waals surface area contributed by atoms with E-state index in [0.717, 1.165) is 0 Å². The Hall–Kier alpha value is -1.04. The summed E-state index contributed by atoms with van der Waals surface area (Å²) in [6, 6.07) is -0.686. The van der Waals surface area contributed by atoms with Gasteiger partial charge in [0.2, 0.25) is 0 Å². The molecule has 0 N–H and O–H groups in total. The van der Waals surface area contributed by atoms with Crippen LogP contribution in [-0.2, 0) is 9.53 Å². The number of esters is 1. The number of hydrogen-bond donors (Lipinski definition) is 0. The topological polar surface area (TPSA) is 30.7 Å².